The van der Waals surface area contributed by atoms with E-state index in [4.69, 9.17) is 0 Å². The molecule has 3 aromatic rings. The Balaban J connectivity index is 1.72. The molecule has 1 heterocycles. The fourth-order valence-electron chi connectivity index (χ4n) is 2.24. The van der Waals surface area contributed by atoms with Gasteiger partial charge >= 0.3 is 6.61 Å². The first kappa shape index (κ1) is 15.7. The van der Waals surface area contributed by atoms with Crippen molar-refractivity contribution in [2.45, 2.75) is 6.61 Å². The highest BCUT2D eigenvalue weighted by atomic mass is 19.3. The predicted octanol–water partition coefficient (Wildman–Crippen LogP) is 4.33. The summed E-state index contributed by atoms with van der Waals surface area (Å²) in [7, 11) is 0. The van der Waals surface area contributed by atoms with Crippen LogP contribution in [0.25, 0.3) is 5.69 Å². The molecule has 0 aliphatic rings. The van der Waals surface area contributed by atoms with Crippen molar-refractivity contribution in [1.29, 1.82) is 0 Å². The Morgan fingerprint density at radius 1 is 1.00 bits per heavy atom. The van der Waals surface area contributed by atoms with Crippen LogP contribution in [0.2, 0.25) is 0 Å². The lowest BCUT2D eigenvalue weighted by atomic mass is 10.2. The van der Waals surface area contributed by atoms with Crippen LogP contribution in [0.15, 0.2) is 73.1 Å². The molecule has 0 saturated carbocycles. The number of nitrogens with zero attached hydrogens (tertiary/aromatic N) is 1. The number of ether oxygens (including phenoxy) is 1. The number of carbonyl (C=O) groups is 1. The molecule has 24 heavy (non-hydrogen) atoms. The standard InChI is InChI=1S/C18H14F2N2O2/c19-18(20)24-16-8-6-14(7-9-16)21-17(23)13-4-3-5-15(12-13)22-10-1-2-11-22/h1-12,18H,(H,21,23). The highest BCUT2D eigenvalue weighted by Gasteiger charge is 2.08. The molecule has 2 aromatic carbocycles. The first-order chi connectivity index (χ1) is 11.6. The van der Waals surface area contributed by atoms with Gasteiger partial charge in [0, 0.05) is 29.3 Å². The molecule has 0 atom stereocenters. The lowest BCUT2D eigenvalue weighted by Gasteiger charge is -2.09. The van der Waals surface area contributed by atoms with Crippen LogP contribution >= 0.6 is 0 Å². The molecule has 3 rings (SSSR count). The summed E-state index contributed by atoms with van der Waals surface area (Å²) in [5.74, 6) is -0.246. The van der Waals surface area contributed by atoms with E-state index >= 15 is 0 Å². The fourth-order valence-corrected chi connectivity index (χ4v) is 2.24. The number of carbonyl (C=O) groups excluding carboxylic acids is 1. The zero-order valence-corrected chi connectivity index (χ0v) is 12.5. The molecule has 1 amide bonds. The van der Waals surface area contributed by atoms with Gasteiger partial charge in [0.1, 0.15) is 5.75 Å². The second-order valence-electron chi connectivity index (χ2n) is 5.00. The Morgan fingerprint density at radius 2 is 1.71 bits per heavy atom. The maximum absolute atomic E-state index is 12.3. The van der Waals surface area contributed by atoms with E-state index in [1.165, 1.54) is 24.3 Å². The van der Waals surface area contributed by atoms with Gasteiger partial charge in [0.05, 0.1) is 0 Å². The molecule has 1 N–H and O–H groups in total. The molecular formula is C18H14F2N2O2. The highest BCUT2D eigenvalue weighted by molar-refractivity contribution is 6.04. The number of alkyl halides is 2. The van der Waals surface area contributed by atoms with E-state index in [1.807, 2.05) is 35.2 Å². The van der Waals surface area contributed by atoms with Crippen LogP contribution in [-0.4, -0.2) is 17.1 Å². The van der Waals surface area contributed by atoms with E-state index in [9.17, 15) is 13.6 Å². The minimum absolute atomic E-state index is 0.0394. The summed E-state index contributed by atoms with van der Waals surface area (Å²) < 4.78 is 30.4. The van der Waals surface area contributed by atoms with Gasteiger partial charge in [-0.15, -0.1) is 0 Å². The number of anilines is 1. The van der Waals surface area contributed by atoms with E-state index in [0.29, 0.717) is 11.3 Å². The van der Waals surface area contributed by atoms with Gasteiger partial charge in [-0.1, -0.05) is 6.07 Å². The summed E-state index contributed by atoms with van der Waals surface area (Å²) >= 11 is 0. The smallest absolute Gasteiger partial charge is 0.387 e. The van der Waals surface area contributed by atoms with Crippen molar-refractivity contribution in [2.24, 2.45) is 0 Å². The Bertz CT molecular complexity index is 815. The molecule has 0 spiro atoms. The van der Waals surface area contributed by atoms with E-state index < -0.39 is 6.61 Å². The lowest BCUT2D eigenvalue weighted by molar-refractivity contribution is -0.0498. The van der Waals surface area contributed by atoms with E-state index in [-0.39, 0.29) is 11.7 Å². The quantitative estimate of drug-likeness (QED) is 0.757. The number of aromatic nitrogens is 1. The van der Waals surface area contributed by atoms with Crippen LogP contribution in [0.5, 0.6) is 5.75 Å². The summed E-state index contributed by atoms with van der Waals surface area (Å²) in [5.41, 5.74) is 1.86. The van der Waals surface area contributed by atoms with Gasteiger partial charge in [-0.05, 0) is 54.6 Å². The molecule has 0 unspecified atom stereocenters. The lowest BCUT2D eigenvalue weighted by Crippen LogP contribution is -2.12. The van der Waals surface area contributed by atoms with Gasteiger partial charge in [0.25, 0.3) is 5.91 Å². The van der Waals surface area contributed by atoms with Crippen molar-refractivity contribution in [1.82, 2.24) is 4.57 Å². The number of nitrogens with one attached hydrogen (secondary N) is 1. The molecular weight excluding hydrogens is 314 g/mol. The van der Waals surface area contributed by atoms with Crippen LogP contribution in [0.4, 0.5) is 14.5 Å². The Hall–Kier alpha value is -3.15. The molecule has 6 heteroatoms. The number of benzene rings is 2. The zero-order valence-electron chi connectivity index (χ0n) is 12.5. The monoisotopic (exact) mass is 328 g/mol. The topological polar surface area (TPSA) is 43.3 Å². The molecule has 0 aliphatic carbocycles. The number of amides is 1. The van der Waals surface area contributed by atoms with E-state index in [1.54, 1.807) is 18.2 Å². The van der Waals surface area contributed by atoms with Gasteiger partial charge in [0.15, 0.2) is 0 Å². The number of halogens is 2. The minimum Gasteiger partial charge on any atom is -0.435 e. The van der Waals surface area contributed by atoms with Crippen molar-refractivity contribution in [3.05, 3.63) is 78.6 Å². The number of hydrogen-bond acceptors (Lipinski definition) is 2. The van der Waals surface area contributed by atoms with Gasteiger partial charge < -0.3 is 14.6 Å². The minimum atomic E-state index is -2.87. The normalized spacial score (nSPS) is 10.6. The summed E-state index contributed by atoms with van der Waals surface area (Å²) in [6.45, 7) is -2.87. The summed E-state index contributed by atoms with van der Waals surface area (Å²) in [6, 6.07) is 16.7. The second kappa shape index (κ2) is 6.95. The van der Waals surface area contributed by atoms with Crippen LogP contribution in [0.3, 0.4) is 0 Å². The number of rotatable bonds is 5. The molecule has 4 nitrogen and oxygen atoms in total. The van der Waals surface area contributed by atoms with Crippen LogP contribution in [0.1, 0.15) is 10.4 Å². The van der Waals surface area contributed by atoms with Gasteiger partial charge in [-0.3, -0.25) is 4.79 Å². The average molecular weight is 328 g/mol. The first-order valence-electron chi connectivity index (χ1n) is 7.21. The molecule has 122 valence electrons. The van der Waals surface area contributed by atoms with Crippen molar-refractivity contribution in [3.8, 4) is 11.4 Å². The van der Waals surface area contributed by atoms with E-state index in [0.717, 1.165) is 5.69 Å². The van der Waals surface area contributed by atoms with Gasteiger partial charge in [-0.25, -0.2) is 0 Å². The van der Waals surface area contributed by atoms with Crippen molar-refractivity contribution in [2.75, 3.05) is 5.32 Å². The molecule has 1 aromatic heterocycles. The summed E-state index contributed by atoms with van der Waals surface area (Å²) in [6.07, 6.45) is 3.78. The predicted molar refractivity (Wildman–Crippen MR) is 86.8 cm³/mol. The van der Waals surface area contributed by atoms with Gasteiger partial charge in [0.2, 0.25) is 0 Å². The van der Waals surface area contributed by atoms with Gasteiger partial charge in [-0.2, -0.15) is 8.78 Å². The van der Waals surface area contributed by atoms with Crippen LogP contribution < -0.4 is 10.1 Å². The average Bonchev–Trinajstić information content (AvgIpc) is 3.11. The maximum Gasteiger partial charge on any atom is 0.387 e. The third-order valence-corrected chi connectivity index (χ3v) is 3.35. The fraction of sp³-hybridized carbons (Fsp3) is 0.0556. The van der Waals surface area contributed by atoms with E-state index in [2.05, 4.69) is 10.1 Å². The SMILES string of the molecule is O=C(Nc1ccc(OC(F)F)cc1)c1cccc(-n2cccc2)c1. The highest BCUT2D eigenvalue weighted by Crippen LogP contribution is 2.19. The largest absolute Gasteiger partial charge is 0.435 e. The molecule has 0 radical (unpaired) electrons. The Kier molecular flexibility index (Phi) is 4.56. The Labute approximate surface area is 137 Å². The molecule has 0 fully saturated rings. The molecule has 0 bridgehead atoms. The third-order valence-electron chi connectivity index (χ3n) is 3.35. The van der Waals surface area contributed by atoms with Crippen molar-refractivity contribution < 1.29 is 18.3 Å². The van der Waals surface area contributed by atoms with Crippen LogP contribution in [-0.2, 0) is 0 Å². The third kappa shape index (κ3) is 3.78. The van der Waals surface area contributed by atoms with Crippen molar-refractivity contribution >= 4 is 11.6 Å². The molecule has 0 saturated heterocycles. The summed E-state index contributed by atoms with van der Waals surface area (Å²) in [5, 5.41) is 2.72. The van der Waals surface area contributed by atoms with Crippen molar-refractivity contribution in [3.63, 3.8) is 0 Å². The Morgan fingerprint density at radius 3 is 2.38 bits per heavy atom. The number of hydrogen-bond donors (Lipinski definition) is 1. The maximum atomic E-state index is 12.3. The second-order valence-corrected chi connectivity index (χ2v) is 5.00. The van der Waals surface area contributed by atoms with Crippen LogP contribution in [0, 0.1) is 0 Å². The molecule has 0 aliphatic heterocycles. The first-order valence-corrected chi connectivity index (χ1v) is 7.21. The summed E-state index contributed by atoms with van der Waals surface area (Å²) in [4.78, 5) is 12.3. The zero-order chi connectivity index (χ0) is 16.9.